The smallest absolute Gasteiger partial charge is 0.0892 e. The Labute approximate surface area is 128 Å². The van der Waals surface area contributed by atoms with E-state index in [1.54, 1.807) is 0 Å². The van der Waals surface area contributed by atoms with Crippen molar-refractivity contribution in [2.45, 2.75) is 26.9 Å². The minimum atomic E-state index is 0.219. The Bertz CT molecular complexity index is 531. The van der Waals surface area contributed by atoms with Crippen LogP contribution in [0.3, 0.4) is 0 Å². The topological polar surface area (TPSA) is 12.5 Å². The Kier molecular flexibility index (Phi) is 3.83. The van der Waals surface area contributed by atoms with Crippen LogP contribution in [0, 0.1) is 23.7 Å². The molecule has 2 bridgehead atoms. The first kappa shape index (κ1) is 14.6. The van der Waals surface area contributed by atoms with E-state index in [1.807, 2.05) is 0 Å². The highest BCUT2D eigenvalue weighted by Gasteiger charge is 2.43. The van der Waals surface area contributed by atoms with Crippen LogP contribution in [0.2, 0.25) is 0 Å². The van der Waals surface area contributed by atoms with Crippen LogP contribution in [-0.2, 0) is 4.74 Å². The van der Waals surface area contributed by atoms with E-state index in [4.69, 9.17) is 4.74 Å². The molecule has 0 aromatic heterocycles. The minimum Gasteiger partial charge on any atom is -0.378 e. The van der Waals surface area contributed by atoms with Gasteiger partial charge in [0.25, 0.3) is 0 Å². The van der Waals surface area contributed by atoms with Crippen molar-refractivity contribution in [2.75, 3.05) is 25.6 Å². The molecule has 3 rings (SSSR count). The van der Waals surface area contributed by atoms with E-state index >= 15 is 0 Å². The molecule has 2 heteroatoms. The molecule has 1 fully saturated rings. The quantitative estimate of drug-likeness (QED) is 0.752. The number of benzene rings is 1. The maximum absolute atomic E-state index is 6.29. The summed E-state index contributed by atoms with van der Waals surface area (Å²) in [4.78, 5) is 2.14. The van der Waals surface area contributed by atoms with Crippen LogP contribution in [0.5, 0.6) is 0 Å². The molecule has 0 N–H and O–H groups in total. The number of hydrogen-bond donors (Lipinski definition) is 0. The lowest BCUT2D eigenvalue weighted by molar-refractivity contribution is -0.0934. The van der Waals surface area contributed by atoms with Crippen LogP contribution >= 0.6 is 0 Å². The predicted molar refractivity (Wildman–Crippen MR) is 88.5 cm³/mol. The van der Waals surface area contributed by atoms with E-state index in [2.05, 4.69) is 70.1 Å². The van der Waals surface area contributed by atoms with Gasteiger partial charge in [0, 0.05) is 25.7 Å². The summed E-state index contributed by atoms with van der Waals surface area (Å²) in [7, 11) is 4.16. The van der Waals surface area contributed by atoms with Gasteiger partial charge in [-0.15, -0.1) is 0 Å². The SMILES string of the molecule is CC1=C[C@@H](C)[C@@H]2CO[C@H](c3ccc(N(C)C)cc3)[C@H]1[C@H]2C. The van der Waals surface area contributed by atoms with Gasteiger partial charge in [-0.05, 0) is 42.4 Å². The van der Waals surface area contributed by atoms with Crippen molar-refractivity contribution in [1.29, 1.82) is 0 Å². The molecular formula is C19H27NO. The van der Waals surface area contributed by atoms with Crippen molar-refractivity contribution in [1.82, 2.24) is 0 Å². The molecule has 0 spiro atoms. The third-order valence-electron chi connectivity index (χ3n) is 5.50. The molecule has 0 radical (unpaired) electrons. The van der Waals surface area contributed by atoms with E-state index in [1.165, 1.54) is 16.8 Å². The average molecular weight is 285 g/mol. The van der Waals surface area contributed by atoms with Crippen molar-refractivity contribution >= 4 is 5.69 Å². The number of anilines is 1. The van der Waals surface area contributed by atoms with Crippen LogP contribution in [0.4, 0.5) is 5.69 Å². The van der Waals surface area contributed by atoms with Crippen LogP contribution < -0.4 is 4.90 Å². The van der Waals surface area contributed by atoms with Gasteiger partial charge >= 0.3 is 0 Å². The molecule has 1 aromatic rings. The summed E-state index contributed by atoms with van der Waals surface area (Å²) in [5.41, 5.74) is 4.07. The lowest BCUT2D eigenvalue weighted by Crippen LogP contribution is -2.42. The van der Waals surface area contributed by atoms with Crippen LogP contribution in [0.1, 0.15) is 32.4 Å². The lowest BCUT2D eigenvalue weighted by Gasteiger charge is -2.47. The fraction of sp³-hybridized carbons (Fsp3) is 0.579. The van der Waals surface area contributed by atoms with Crippen molar-refractivity contribution < 1.29 is 4.74 Å². The van der Waals surface area contributed by atoms with Gasteiger partial charge in [-0.1, -0.05) is 37.6 Å². The maximum Gasteiger partial charge on any atom is 0.0892 e. The van der Waals surface area contributed by atoms with E-state index in [0.717, 1.165) is 6.61 Å². The molecule has 1 saturated heterocycles. The monoisotopic (exact) mass is 285 g/mol. The van der Waals surface area contributed by atoms with Crippen molar-refractivity contribution in [3.05, 3.63) is 41.5 Å². The summed E-state index contributed by atoms with van der Waals surface area (Å²) in [6, 6.07) is 8.86. The Morgan fingerprint density at radius 1 is 1.10 bits per heavy atom. The van der Waals surface area contributed by atoms with Crippen molar-refractivity contribution in [3.63, 3.8) is 0 Å². The second-order valence-electron chi connectivity index (χ2n) is 7.06. The van der Waals surface area contributed by atoms with Gasteiger partial charge in [-0.25, -0.2) is 0 Å². The zero-order chi connectivity index (χ0) is 15.1. The van der Waals surface area contributed by atoms with E-state index in [-0.39, 0.29) is 6.10 Å². The number of fused-ring (bicyclic) bond motifs is 2. The average Bonchev–Trinajstić information content (AvgIpc) is 2.44. The summed E-state index contributed by atoms with van der Waals surface area (Å²) in [6.07, 6.45) is 2.69. The number of hydrogen-bond acceptors (Lipinski definition) is 2. The summed E-state index contributed by atoms with van der Waals surface area (Å²) in [5, 5.41) is 0. The summed E-state index contributed by atoms with van der Waals surface area (Å²) in [5.74, 6) is 2.56. The van der Waals surface area contributed by atoms with E-state index in [9.17, 15) is 0 Å². The summed E-state index contributed by atoms with van der Waals surface area (Å²) in [6.45, 7) is 7.91. The summed E-state index contributed by atoms with van der Waals surface area (Å²) < 4.78 is 6.29. The highest BCUT2D eigenvalue weighted by Crippen LogP contribution is 2.49. The maximum atomic E-state index is 6.29. The number of nitrogens with zero attached hydrogens (tertiary/aromatic N) is 1. The molecule has 2 nitrogen and oxygen atoms in total. The Morgan fingerprint density at radius 3 is 2.38 bits per heavy atom. The molecular weight excluding hydrogens is 258 g/mol. The number of allylic oxidation sites excluding steroid dienone is 1. The van der Waals surface area contributed by atoms with Gasteiger partial charge in [0.15, 0.2) is 0 Å². The fourth-order valence-corrected chi connectivity index (χ4v) is 4.21. The lowest BCUT2D eigenvalue weighted by atomic mass is 9.64. The van der Waals surface area contributed by atoms with Crippen molar-refractivity contribution in [2.24, 2.45) is 23.7 Å². The van der Waals surface area contributed by atoms with Gasteiger partial charge in [0.05, 0.1) is 12.7 Å². The fourth-order valence-electron chi connectivity index (χ4n) is 4.21. The second-order valence-corrected chi connectivity index (χ2v) is 7.06. The molecule has 1 aliphatic heterocycles. The highest BCUT2D eigenvalue weighted by atomic mass is 16.5. The molecule has 0 amide bonds. The van der Waals surface area contributed by atoms with Gasteiger partial charge in [-0.2, -0.15) is 0 Å². The molecule has 0 unspecified atom stereocenters. The van der Waals surface area contributed by atoms with Crippen LogP contribution in [0.15, 0.2) is 35.9 Å². The molecule has 21 heavy (non-hydrogen) atoms. The Hall–Kier alpha value is -1.28. The largest absolute Gasteiger partial charge is 0.378 e. The normalized spacial score (nSPS) is 35.3. The molecule has 1 aliphatic carbocycles. The summed E-state index contributed by atoms with van der Waals surface area (Å²) >= 11 is 0. The van der Waals surface area contributed by atoms with Gasteiger partial charge in [0.2, 0.25) is 0 Å². The van der Waals surface area contributed by atoms with Crippen molar-refractivity contribution in [3.8, 4) is 0 Å². The minimum absolute atomic E-state index is 0.219. The number of rotatable bonds is 2. The van der Waals surface area contributed by atoms with Gasteiger partial charge < -0.3 is 9.64 Å². The Morgan fingerprint density at radius 2 is 1.76 bits per heavy atom. The first-order valence-electron chi connectivity index (χ1n) is 8.06. The third kappa shape index (κ3) is 2.50. The highest BCUT2D eigenvalue weighted by molar-refractivity contribution is 5.46. The van der Waals surface area contributed by atoms with E-state index < -0.39 is 0 Å². The Balaban J connectivity index is 1.90. The first-order valence-corrected chi connectivity index (χ1v) is 8.06. The second kappa shape index (κ2) is 5.49. The molecule has 5 atom stereocenters. The molecule has 114 valence electrons. The third-order valence-corrected chi connectivity index (χ3v) is 5.50. The molecule has 1 aromatic carbocycles. The van der Waals surface area contributed by atoms with Crippen LogP contribution in [0.25, 0.3) is 0 Å². The first-order chi connectivity index (χ1) is 9.99. The predicted octanol–water partition coefficient (Wildman–Crippen LogP) is 4.29. The molecule has 1 heterocycles. The molecule has 0 saturated carbocycles. The number of ether oxygens (including phenoxy) is 1. The zero-order valence-corrected chi connectivity index (χ0v) is 13.8. The standard InChI is InChI=1S/C19H27NO/c1-12-10-13(2)18-14(3)17(12)11-21-19(18)15-6-8-16(9-7-15)20(4)5/h6-10,12,14,17-19H,11H2,1-5H3/t12-,14+,17+,18-,19-/m1/s1. The van der Waals surface area contributed by atoms with Gasteiger partial charge in [-0.3, -0.25) is 0 Å². The van der Waals surface area contributed by atoms with Crippen LogP contribution in [-0.4, -0.2) is 20.7 Å². The van der Waals surface area contributed by atoms with E-state index in [0.29, 0.717) is 23.7 Å². The van der Waals surface area contributed by atoms with Gasteiger partial charge in [0.1, 0.15) is 0 Å². The molecule has 2 aliphatic rings. The zero-order valence-electron chi connectivity index (χ0n) is 13.8.